The van der Waals surface area contributed by atoms with Gasteiger partial charge in [0.05, 0.1) is 11.5 Å². The Morgan fingerprint density at radius 2 is 2.00 bits per heavy atom. The third kappa shape index (κ3) is 6.38. The monoisotopic (exact) mass is 266 g/mol. The SMILES string of the molecule is CN1CCN(C)C(CNCCCCC(C)(C)C#N)C1. The minimum atomic E-state index is -0.160. The van der Waals surface area contributed by atoms with Gasteiger partial charge in [-0.2, -0.15) is 5.26 Å². The van der Waals surface area contributed by atoms with Gasteiger partial charge in [0.25, 0.3) is 0 Å². The summed E-state index contributed by atoms with van der Waals surface area (Å²) in [5.41, 5.74) is -0.160. The van der Waals surface area contributed by atoms with Gasteiger partial charge in [-0.05, 0) is 47.3 Å². The van der Waals surface area contributed by atoms with Crippen molar-refractivity contribution in [2.45, 2.75) is 39.2 Å². The van der Waals surface area contributed by atoms with Gasteiger partial charge in [0.15, 0.2) is 0 Å². The van der Waals surface area contributed by atoms with Crippen LogP contribution in [0.15, 0.2) is 0 Å². The Kier molecular flexibility index (Phi) is 6.78. The van der Waals surface area contributed by atoms with Crippen molar-refractivity contribution in [3.05, 3.63) is 0 Å². The van der Waals surface area contributed by atoms with E-state index in [9.17, 15) is 0 Å². The van der Waals surface area contributed by atoms with Gasteiger partial charge in [0, 0.05) is 32.2 Å². The van der Waals surface area contributed by atoms with E-state index < -0.39 is 0 Å². The molecule has 1 rings (SSSR count). The molecule has 1 atom stereocenters. The molecular weight excluding hydrogens is 236 g/mol. The average molecular weight is 266 g/mol. The number of piperazine rings is 1. The van der Waals surface area contributed by atoms with Crippen LogP contribution < -0.4 is 5.32 Å². The van der Waals surface area contributed by atoms with Gasteiger partial charge < -0.3 is 10.2 Å². The number of nitrogens with one attached hydrogen (secondary N) is 1. The largest absolute Gasteiger partial charge is 0.315 e. The highest BCUT2D eigenvalue weighted by molar-refractivity contribution is 4.91. The third-order valence-corrected chi connectivity index (χ3v) is 4.07. The Morgan fingerprint density at radius 1 is 1.26 bits per heavy atom. The molecule has 0 aromatic heterocycles. The maximum Gasteiger partial charge on any atom is 0.0683 e. The van der Waals surface area contributed by atoms with Crippen molar-refractivity contribution in [1.29, 1.82) is 5.26 Å². The molecule has 0 aromatic rings. The van der Waals surface area contributed by atoms with Gasteiger partial charge in [-0.15, -0.1) is 0 Å². The molecule has 1 aliphatic heterocycles. The number of unbranched alkanes of at least 4 members (excludes halogenated alkanes) is 1. The molecule has 4 heteroatoms. The predicted molar refractivity (Wildman–Crippen MR) is 80.0 cm³/mol. The van der Waals surface area contributed by atoms with E-state index in [0.29, 0.717) is 6.04 Å². The molecule has 0 bridgehead atoms. The van der Waals surface area contributed by atoms with E-state index in [1.807, 2.05) is 13.8 Å². The molecule has 0 radical (unpaired) electrons. The zero-order valence-corrected chi connectivity index (χ0v) is 13.1. The average Bonchev–Trinajstić information content (AvgIpc) is 2.37. The van der Waals surface area contributed by atoms with Gasteiger partial charge in [0.2, 0.25) is 0 Å². The maximum absolute atomic E-state index is 8.95. The number of nitriles is 1. The molecule has 19 heavy (non-hydrogen) atoms. The summed E-state index contributed by atoms with van der Waals surface area (Å²) in [6.07, 6.45) is 3.29. The van der Waals surface area contributed by atoms with Gasteiger partial charge in [-0.1, -0.05) is 6.42 Å². The lowest BCUT2D eigenvalue weighted by atomic mass is 9.89. The summed E-state index contributed by atoms with van der Waals surface area (Å²) in [5.74, 6) is 0. The van der Waals surface area contributed by atoms with Crippen LogP contribution in [0.5, 0.6) is 0 Å². The summed E-state index contributed by atoms with van der Waals surface area (Å²) >= 11 is 0. The van der Waals surface area contributed by atoms with Crippen LogP contribution in [0, 0.1) is 16.7 Å². The normalized spacial score (nSPS) is 22.4. The molecule has 0 saturated carbocycles. The topological polar surface area (TPSA) is 42.3 Å². The Hall–Kier alpha value is -0.630. The molecule has 4 nitrogen and oxygen atoms in total. The summed E-state index contributed by atoms with van der Waals surface area (Å²) in [5, 5.41) is 12.5. The predicted octanol–water partition coefficient (Wildman–Crippen LogP) is 1.54. The van der Waals surface area contributed by atoms with Crippen molar-refractivity contribution in [3.63, 3.8) is 0 Å². The zero-order valence-electron chi connectivity index (χ0n) is 13.1. The first-order chi connectivity index (χ1) is 8.94. The van der Waals surface area contributed by atoms with Crippen molar-refractivity contribution in [2.24, 2.45) is 5.41 Å². The number of nitrogens with zero attached hydrogens (tertiary/aromatic N) is 3. The minimum absolute atomic E-state index is 0.160. The Morgan fingerprint density at radius 3 is 2.68 bits per heavy atom. The summed E-state index contributed by atoms with van der Waals surface area (Å²) in [6.45, 7) is 9.68. The third-order valence-electron chi connectivity index (χ3n) is 4.07. The highest BCUT2D eigenvalue weighted by Gasteiger charge is 2.21. The fraction of sp³-hybridized carbons (Fsp3) is 0.933. The van der Waals surface area contributed by atoms with E-state index in [-0.39, 0.29) is 5.41 Å². The van der Waals surface area contributed by atoms with Crippen LogP contribution in [0.4, 0.5) is 0 Å². The highest BCUT2D eigenvalue weighted by atomic mass is 15.3. The quantitative estimate of drug-likeness (QED) is 0.710. The van der Waals surface area contributed by atoms with Crippen LogP contribution in [0.3, 0.4) is 0 Å². The molecule has 1 aliphatic rings. The first-order valence-corrected chi connectivity index (χ1v) is 7.45. The van der Waals surface area contributed by atoms with E-state index in [1.54, 1.807) is 0 Å². The standard InChI is InChI=1S/C15H30N4/c1-15(2,13-16)7-5-6-8-17-11-14-12-18(3)9-10-19(14)4/h14,17H,5-12H2,1-4H3. The van der Waals surface area contributed by atoms with Crippen LogP contribution in [0.2, 0.25) is 0 Å². The van der Waals surface area contributed by atoms with Crippen molar-refractivity contribution in [3.8, 4) is 6.07 Å². The van der Waals surface area contributed by atoms with Gasteiger partial charge in [-0.25, -0.2) is 0 Å². The van der Waals surface area contributed by atoms with E-state index in [1.165, 1.54) is 13.1 Å². The molecule has 1 saturated heterocycles. The molecule has 110 valence electrons. The van der Waals surface area contributed by atoms with Crippen LogP contribution in [-0.2, 0) is 0 Å². The minimum Gasteiger partial charge on any atom is -0.315 e. The molecule has 1 heterocycles. The molecule has 1 N–H and O–H groups in total. The summed E-state index contributed by atoms with van der Waals surface area (Å²) in [6, 6.07) is 3.00. The smallest absolute Gasteiger partial charge is 0.0683 e. The van der Waals surface area contributed by atoms with Crippen molar-refractivity contribution < 1.29 is 0 Å². The second-order valence-corrected chi connectivity index (χ2v) is 6.55. The molecule has 0 spiro atoms. The zero-order chi connectivity index (χ0) is 14.3. The summed E-state index contributed by atoms with van der Waals surface area (Å²) < 4.78 is 0. The maximum atomic E-state index is 8.95. The number of hydrogen-bond donors (Lipinski definition) is 1. The number of rotatable bonds is 7. The molecule has 0 amide bonds. The van der Waals surface area contributed by atoms with Crippen molar-refractivity contribution >= 4 is 0 Å². The van der Waals surface area contributed by atoms with Gasteiger partial charge in [0.1, 0.15) is 0 Å². The lowest BCUT2D eigenvalue weighted by Crippen LogP contribution is -2.53. The van der Waals surface area contributed by atoms with Crippen LogP contribution in [0.1, 0.15) is 33.1 Å². The van der Waals surface area contributed by atoms with E-state index in [4.69, 9.17) is 5.26 Å². The van der Waals surface area contributed by atoms with Crippen molar-refractivity contribution in [2.75, 3.05) is 46.8 Å². The number of hydrogen-bond acceptors (Lipinski definition) is 4. The second-order valence-electron chi connectivity index (χ2n) is 6.55. The first kappa shape index (κ1) is 16.4. The molecule has 0 aromatic carbocycles. The number of likely N-dealkylation sites (N-methyl/N-ethyl adjacent to an activating group) is 2. The molecule has 1 unspecified atom stereocenters. The Balaban J connectivity index is 2.06. The van der Waals surface area contributed by atoms with Crippen molar-refractivity contribution in [1.82, 2.24) is 15.1 Å². The summed E-state index contributed by atoms with van der Waals surface area (Å²) in [7, 11) is 4.42. The summed E-state index contributed by atoms with van der Waals surface area (Å²) in [4.78, 5) is 4.85. The van der Waals surface area contributed by atoms with E-state index in [0.717, 1.165) is 38.9 Å². The first-order valence-electron chi connectivity index (χ1n) is 7.45. The second kappa shape index (κ2) is 7.84. The van der Waals surface area contributed by atoms with Gasteiger partial charge in [-0.3, -0.25) is 4.90 Å². The van der Waals surface area contributed by atoms with E-state index in [2.05, 4.69) is 35.3 Å². The van der Waals surface area contributed by atoms with E-state index >= 15 is 0 Å². The Bertz CT molecular complexity index is 295. The molecule has 1 fully saturated rings. The van der Waals surface area contributed by atoms with Crippen LogP contribution >= 0.6 is 0 Å². The fourth-order valence-electron chi connectivity index (χ4n) is 2.46. The lowest BCUT2D eigenvalue weighted by molar-refractivity contribution is 0.113. The Labute approximate surface area is 118 Å². The highest BCUT2D eigenvalue weighted by Crippen LogP contribution is 2.21. The van der Waals surface area contributed by atoms with Crippen LogP contribution in [-0.4, -0.2) is 62.7 Å². The van der Waals surface area contributed by atoms with Crippen LogP contribution in [0.25, 0.3) is 0 Å². The fourth-order valence-corrected chi connectivity index (χ4v) is 2.46. The molecular formula is C15H30N4. The van der Waals surface area contributed by atoms with Gasteiger partial charge >= 0.3 is 0 Å². The lowest BCUT2D eigenvalue weighted by Gasteiger charge is -2.37. The molecule has 0 aliphatic carbocycles.